The highest BCUT2D eigenvalue weighted by Crippen LogP contribution is 2.30. The normalized spacial score (nSPS) is 10.2. The molecule has 0 saturated carbocycles. The molecule has 5 heteroatoms. The lowest BCUT2D eigenvalue weighted by molar-refractivity contribution is 1.13. The van der Waals surface area contributed by atoms with Crippen LogP contribution < -0.4 is 16.0 Å². The summed E-state index contributed by atoms with van der Waals surface area (Å²) in [5.41, 5.74) is 9.63. The summed E-state index contributed by atoms with van der Waals surface area (Å²) in [5.74, 6) is 0. The van der Waals surface area contributed by atoms with Gasteiger partial charge in [0.25, 0.3) is 0 Å². The molecule has 0 saturated heterocycles. The lowest BCUT2D eigenvalue weighted by Crippen LogP contribution is -2.14. The van der Waals surface area contributed by atoms with E-state index in [0.29, 0.717) is 4.99 Å². The van der Waals surface area contributed by atoms with Gasteiger partial charge in [0, 0.05) is 29.8 Å². The van der Waals surface area contributed by atoms with Gasteiger partial charge >= 0.3 is 0 Å². The van der Waals surface area contributed by atoms with Crippen molar-refractivity contribution in [3.8, 4) is 0 Å². The first-order valence-electron chi connectivity index (χ1n) is 6.12. The number of rotatable bonds is 4. The Labute approximate surface area is 132 Å². The van der Waals surface area contributed by atoms with E-state index in [2.05, 4.69) is 32.2 Å². The fourth-order valence-electron chi connectivity index (χ4n) is 1.94. The van der Waals surface area contributed by atoms with Crippen LogP contribution in [-0.4, -0.2) is 19.1 Å². The number of nitrogens with two attached hydrogens (primary N) is 1. The second-order valence-electron chi connectivity index (χ2n) is 4.59. The van der Waals surface area contributed by atoms with Gasteiger partial charge < -0.3 is 16.0 Å². The average Bonchev–Trinajstić information content (AvgIpc) is 2.41. The standard InChI is InChI=1S/C15H16BrN3S/c1-19(2)14-6-4-3-5-13(14)18-12-8-7-10(16)9-11(12)15(17)20/h3-9,18H,1-2H3,(H2,17,20). The summed E-state index contributed by atoms with van der Waals surface area (Å²) >= 11 is 8.55. The van der Waals surface area contributed by atoms with Gasteiger partial charge in [0.1, 0.15) is 4.99 Å². The zero-order valence-electron chi connectivity index (χ0n) is 11.4. The minimum atomic E-state index is 0.371. The van der Waals surface area contributed by atoms with E-state index in [-0.39, 0.29) is 0 Å². The van der Waals surface area contributed by atoms with E-state index in [9.17, 15) is 0 Å². The molecule has 0 aliphatic carbocycles. The van der Waals surface area contributed by atoms with Crippen molar-refractivity contribution in [3.05, 3.63) is 52.5 Å². The Morgan fingerprint density at radius 2 is 1.85 bits per heavy atom. The molecule has 0 fully saturated rings. The van der Waals surface area contributed by atoms with Crippen molar-refractivity contribution in [2.24, 2.45) is 5.73 Å². The first-order valence-corrected chi connectivity index (χ1v) is 7.32. The van der Waals surface area contributed by atoms with Crippen molar-refractivity contribution in [1.82, 2.24) is 0 Å². The first kappa shape index (κ1) is 14.8. The Hall–Kier alpha value is -1.59. The van der Waals surface area contributed by atoms with Crippen LogP contribution >= 0.6 is 28.1 Å². The average molecular weight is 350 g/mol. The van der Waals surface area contributed by atoms with Gasteiger partial charge in [-0.2, -0.15) is 0 Å². The van der Waals surface area contributed by atoms with Crippen molar-refractivity contribution < 1.29 is 0 Å². The molecule has 0 bridgehead atoms. The van der Waals surface area contributed by atoms with Gasteiger partial charge in [-0.1, -0.05) is 40.3 Å². The van der Waals surface area contributed by atoms with Crippen molar-refractivity contribution in [3.63, 3.8) is 0 Å². The Balaban J connectivity index is 2.43. The molecule has 0 atom stereocenters. The van der Waals surface area contributed by atoms with Crippen molar-refractivity contribution in [2.45, 2.75) is 0 Å². The lowest BCUT2D eigenvalue weighted by atomic mass is 10.1. The summed E-state index contributed by atoms with van der Waals surface area (Å²) in [4.78, 5) is 2.43. The molecule has 2 aromatic rings. The number of nitrogens with one attached hydrogen (secondary N) is 1. The molecule has 0 aromatic heterocycles. The Morgan fingerprint density at radius 3 is 2.50 bits per heavy atom. The molecule has 2 rings (SSSR count). The molecule has 0 aliphatic heterocycles. The third kappa shape index (κ3) is 3.29. The van der Waals surface area contributed by atoms with Gasteiger partial charge in [-0.05, 0) is 30.3 Å². The van der Waals surface area contributed by atoms with Gasteiger partial charge in [-0.3, -0.25) is 0 Å². The van der Waals surface area contributed by atoms with E-state index < -0.39 is 0 Å². The van der Waals surface area contributed by atoms with E-state index in [1.54, 1.807) is 0 Å². The smallest absolute Gasteiger partial charge is 0.106 e. The highest BCUT2D eigenvalue weighted by molar-refractivity contribution is 9.10. The minimum Gasteiger partial charge on any atom is -0.389 e. The van der Waals surface area contributed by atoms with Crippen LogP contribution in [0.1, 0.15) is 5.56 Å². The van der Waals surface area contributed by atoms with Gasteiger partial charge in [-0.15, -0.1) is 0 Å². The summed E-state index contributed by atoms with van der Waals surface area (Å²) in [6, 6.07) is 13.9. The van der Waals surface area contributed by atoms with Crippen LogP contribution in [0.25, 0.3) is 0 Å². The Morgan fingerprint density at radius 1 is 1.15 bits per heavy atom. The number of anilines is 3. The molecule has 20 heavy (non-hydrogen) atoms. The zero-order valence-corrected chi connectivity index (χ0v) is 13.8. The molecule has 0 heterocycles. The molecular formula is C15H16BrN3S. The van der Waals surface area contributed by atoms with Crippen LogP contribution in [0, 0.1) is 0 Å². The fourth-order valence-corrected chi connectivity index (χ4v) is 2.47. The Kier molecular flexibility index (Phi) is 4.62. The maximum absolute atomic E-state index is 5.80. The second-order valence-corrected chi connectivity index (χ2v) is 5.95. The fraction of sp³-hybridized carbons (Fsp3) is 0.133. The van der Waals surface area contributed by atoms with Crippen LogP contribution in [0.4, 0.5) is 17.1 Å². The van der Waals surface area contributed by atoms with Crippen LogP contribution in [0.3, 0.4) is 0 Å². The van der Waals surface area contributed by atoms with E-state index in [4.69, 9.17) is 18.0 Å². The number of nitrogens with zero attached hydrogens (tertiary/aromatic N) is 1. The van der Waals surface area contributed by atoms with E-state index in [1.807, 2.05) is 50.5 Å². The number of hydrogen-bond acceptors (Lipinski definition) is 3. The molecule has 0 radical (unpaired) electrons. The molecule has 0 aliphatic rings. The highest BCUT2D eigenvalue weighted by atomic mass is 79.9. The minimum absolute atomic E-state index is 0.371. The van der Waals surface area contributed by atoms with Crippen LogP contribution in [-0.2, 0) is 0 Å². The van der Waals surface area contributed by atoms with Gasteiger partial charge in [-0.25, -0.2) is 0 Å². The maximum Gasteiger partial charge on any atom is 0.106 e. The molecule has 2 aromatic carbocycles. The maximum atomic E-state index is 5.80. The molecule has 0 spiro atoms. The quantitative estimate of drug-likeness (QED) is 0.821. The van der Waals surface area contributed by atoms with Crippen molar-refractivity contribution >= 4 is 50.2 Å². The number of benzene rings is 2. The monoisotopic (exact) mass is 349 g/mol. The third-order valence-electron chi connectivity index (χ3n) is 2.90. The van der Waals surface area contributed by atoms with Crippen LogP contribution in [0.2, 0.25) is 0 Å². The van der Waals surface area contributed by atoms with Crippen molar-refractivity contribution in [2.75, 3.05) is 24.3 Å². The van der Waals surface area contributed by atoms with Crippen molar-refractivity contribution in [1.29, 1.82) is 0 Å². The largest absolute Gasteiger partial charge is 0.389 e. The lowest BCUT2D eigenvalue weighted by Gasteiger charge is -2.19. The van der Waals surface area contributed by atoms with Gasteiger partial charge in [0.05, 0.1) is 11.4 Å². The molecular weight excluding hydrogens is 334 g/mol. The SMILES string of the molecule is CN(C)c1ccccc1Nc1ccc(Br)cc1C(N)=S. The Bertz CT molecular complexity index is 641. The molecule has 104 valence electrons. The molecule has 0 amide bonds. The number of para-hydroxylation sites is 2. The molecule has 3 nitrogen and oxygen atoms in total. The van der Waals surface area contributed by atoms with E-state index >= 15 is 0 Å². The third-order valence-corrected chi connectivity index (χ3v) is 3.62. The number of hydrogen-bond donors (Lipinski definition) is 2. The summed E-state index contributed by atoms with van der Waals surface area (Å²) in [5, 5.41) is 3.40. The van der Waals surface area contributed by atoms with E-state index in [1.165, 1.54) is 0 Å². The number of thiocarbonyl (C=S) groups is 1. The molecule has 0 unspecified atom stereocenters. The highest BCUT2D eigenvalue weighted by Gasteiger charge is 2.09. The van der Waals surface area contributed by atoms with Gasteiger partial charge in [0.15, 0.2) is 0 Å². The molecule has 3 N–H and O–H groups in total. The topological polar surface area (TPSA) is 41.3 Å². The summed E-state index contributed by atoms with van der Waals surface area (Å²) in [6.45, 7) is 0. The van der Waals surface area contributed by atoms with E-state index in [0.717, 1.165) is 27.1 Å². The number of halogens is 1. The second kappa shape index (κ2) is 6.24. The van der Waals surface area contributed by atoms with Crippen LogP contribution in [0.15, 0.2) is 46.9 Å². The summed E-state index contributed by atoms with van der Waals surface area (Å²) in [6.07, 6.45) is 0. The zero-order chi connectivity index (χ0) is 14.7. The van der Waals surface area contributed by atoms with Gasteiger partial charge in [0.2, 0.25) is 0 Å². The summed E-state index contributed by atoms with van der Waals surface area (Å²) in [7, 11) is 4.02. The predicted molar refractivity (Wildman–Crippen MR) is 94.1 cm³/mol. The first-order chi connectivity index (χ1) is 9.49. The van der Waals surface area contributed by atoms with Crippen LogP contribution in [0.5, 0.6) is 0 Å². The predicted octanol–water partition coefficient (Wildman–Crippen LogP) is 3.89. The summed E-state index contributed by atoms with van der Waals surface area (Å²) < 4.78 is 0.951.